The summed E-state index contributed by atoms with van der Waals surface area (Å²) in [6.07, 6.45) is 8.62. The molecule has 0 spiro atoms. The molecular formula is C19H38N2. The third-order valence-corrected chi connectivity index (χ3v) is 5.79. The summed E-state index contributed by atoms with van der Waals surface area (Å²) < 4.78 is 0. The highest BCUT2D eigenvalue weighted by Gasteiger charge is 2.36. The smallest absolute Gasteiger partial charge is 0.0247 e. The van der Waals surface area contributed by atoms with Gasteiger partial charge in [-0.3, -0.25) is 4.90 Å². The van der Waals surface area contributed by atoms with Crippen LogP contribution < -0.4 is 5.32 Å². The normalized spacial score (nSPS) is 31.0. The van der Waals surface area contributed by atoms with Crippen molar-refractivity contribution in [1.29, 1.82) is 0 Å². The fourth-order valence-electron chi connectivity index (χ4n) is 4.61. The largest absolute Gasteiger partial charge is 0.311 e. The molecule has 3 atom stereocenters. The Balaban J connectivity index is 2.00. The molecule has 1 saturated heterocycles. The number of rotatable bonds is 5. The molecule has 1 heterocycles. The van der Waals surface area contributed by atoms with Crippen molar-refractivity contribution >= 4 is 0 Å². The zero-order valence-electron chi connectivity index (χ0n) is 15.1. The topological polar surface area (TPSA) is 15.3 Å². The first kappa shape index (κ1) is 17.3. The van der Waals surface area contributed by atoms with Gasteiger partial charge in [0.2, 0.25) is 0 Å². The van der Waals surface area contributed by atoms with Crippen LogP contribution in [0.4, 0.5) is 0 Å². The van der Waals surface area contributed by atoms with E-state index in [2.05, 4.69) is 44.8 Å². The lowest BCUT2D eigenvalue weighted by atomic mass is 9.81. The van der Waals surface area contributed by atoms with E-state index in [0.29, 0.717) is 0 Å². The van der Waals surface area contributed by atoms with Gasteiger partial charge in [0.25, 0.3) is 0 Å². The van der Waals surface area contributed by atoms with Crippen LogP contribution >= 0.6 is 0 Å². The third-order valence-electron chi connectivity index (χ3n) is 5.79. The summed E-state index contributed by atoms with van der Waals surface area (Å²) in [4.78, 5) is 2.85. The van der Waals surface area contributed by atoms with Gasteiger partial charge in [0.15, 0.2) is 0 Å². The van der Waals surface area contributed by atoms with Crippen molar-refractivity contribution in [2.75, 3.05) is 13.1 Å². The Bertz CT molecular complexity index is 294. The third kappa shape index (κ3) is 4.69. The number of hydrogen-bond acceptors (Lipinski definition) is 2. The molecule has 1 N–H and O–H groups in total. The van der Waals surface area contributed by atoms with Gasteiger partial charge in [0.1, 0.15) is 0 Å². The van der Waals surface area contributed by atoms with Crippen LogP contribution in [0.2, 0.25) is 0 Å². The maximum atomic E-state index is 3.92. The summed E-state index contributed by atoms with van der Waals surface area (Å²) >= 11 is 0. The lowest BCUT2D eigenvalue weighted by Crippen LogP contribution is -2.62. The Labute approximate surface area is 133 Å². The van der Waals surface area contributed by atoms with Gasteiger partial charge in [-0.15, -0.1) is 0 Å². The fraction of sp³-hybridized carbons (Fsp3) is 1.00. The fourth-order valence-corrected chi connectivity index (χ4v) is 4.61. The maximum absolute atomic E-state index is 3.92. The number of hydrogen-bond donors (Lipinski definition) is 1. The summed E-state index contributed by atoms with van der Waals surface area (Å²) in [5.74, 6) is 2.48. The van der Waals surface area contributed by atoms with Gasteiger partial charge >= 0.3 is 0 Å². The minimum Gasteiger partial charge on any atom is -0.311 e. The quantitative estimate of drug-likeness (QED) is 0.813. The lowest BCUT2D eigenvalue weighted by molar-refractivity contribution is 0.0353. The van der Waals surface area contributed by atoms with Crippen molar-refractivity contribution in [3.63, 3.8) is 0 Å². The van der Waals surface area contributed by atoms with Crippen LogP contribution in [0.5, 0.6) is 0 Å². The van der Waals surface area contributed by atoms with E-state index >= 15 is 0 Å². The van der Waals surface area contributed by atoms with Crippen molar-refractivity contribution in [1.82, 2.24) is 10.2 Å². The molecule has 0 aromatic carbocycles. The summed E-state index contributed by atoms with van der Waals surface area (Å²) in [7, 11) is 0. The molecule has 2 nitrogen and oxygen atoms in total. The van der Waals surface area contributed by atoms with Gasteiger partial charge < -0.3 is 5.32 Å². The molecule has 0 radical (unpaired) electrons. The summed E-state index contributed by atoms with van der Waals surface area (Å²) in [5.41, 5.74) is 0. The Morgan fingerprint density at radius 1 is 1.00 bits per heavy atom. The van der Waals surface area contributed by atoms with Crippen LogP contribution in [0, 0.1) is 17.8 Å². The first-order valence-electron chi connectivity index (χ1n) is 9.48. The number of nitrogens with one attached hydrogen (secondary N) is 1. The van der Waals surface area contributed by atoms with Crippen molar-refractivity contribution in [3.05, 3.63) is 0 Å². The van der Waals surface area contributed by atoms with E-state index in [-0.39, 0.29) is 0 Å². The van der Waals surface area contributed by atoms with E-state index in [4.69, 9.17) is 0 Å². The average Bonchev–Trinajstić information content (AvgIpc) is 2.46. The monoisotopic (exact) mass is 294 g/mol. The van der Waals surface area contributed by atoms with Gasteiger partial charge in [0, 0.05) is 31.2 Å². The van der Waals surface area contributed by atoms with Gasteiger partial charge in [0.05, 0.1) is 0 Å². The molecule has 2 fully saturated rings. The van der Waals surface area contributed by atoms with Crippen LogP contribution in [0.1, 0.15) is 73.1 Å². The zero-order chi connectivity index (χ0) is 15.4. The van der Waals surface area contributed by atoms with E-state index < -0.39 is 0 Å². The zero-order valence-corrected chi connectivity index (χ0v) is 15.1. The van der Waals surface area contributed by atoms with Gasteiger partial charge in [-0.1, -0.05) is 47.0 Å². The second-order valence-electron chi connectivity index (χ2n) is 8.40. The Kier molecular flexibility index (Phi) is 6.55. The highest BCUT2D eigenvalue weighted by atomic mass is 15.3. The highest BCUT2D eigenvalue weighted by Crippen LogP contribution is 2.30. The molecule has 0 aromatic heterocycles. The standard InChI is InChI=1S/C19H38N2/c1-14(2)11-16(5)21-13-18(17-9-7-6-8-10-17)20-12-19(21)15(3)4/h14-20H,6-13H2,1-5H3. The molecule has 2 aliphatic rings. The van der Waals surface area contributed by atoms with Gasteiger partial charge in [-0.2, -0.15) is 0 Å². The van der Waals surface area contributed by atoms with Crippen molar-refractivity contribution < 1.29 is 0 Å². The van der Waals surface area contributed by atoms with E-state index in [0.717, 1.165) is 35.9 Å². The molecule has 124 valence electrons. The molecule has 2 rings (SSSR count). The van der Waals surface area contributed by atoms with Crippen molar-refractivity contribution in [2.45, 2.75) is 91.3 Å². The lowest BCUT2D eigenvalue weighted by Gasteiger charge is -2.48. The first-order chi connectivity index (χ1) is 9.99. The predicted octanol–water partition coefficient (Wildman–Crippen LogP) is 4.30. The first-order valence-corrected chi connectivity index (χ1v) is 9.48. The minimum atomic E-state index is 0.721. The maximum Gasteiger partial charge on any atom is 0.0247 e. The summed E-state index contributed by atoms with van der Waals surface area (Å²) in [5, 5.41) is 3.92. The number of nitrogens with zero attached hydrogens (tertiary/aromatic N) is 1. The van der Waals surface area contributed by atoms with Gasteiger partial charge in [-0.25, -0.2) is 0 Å². The van der Waals surface area contributed by atoms with Crippen molar-refractivity contribution in [2.24, 2.45) is 17.8 Å². The summed E-state index contributed by atoms with van der Waals surface area (Å²) in [6, 6.07) is 2.19. The molecule has 1 saturated carbocycles. The SMILES string of the molecule is CC(C)CC(C)N1CC(C2CCCCC2)NCC1C(C)C. The molecule has 0 amide bonds. The van der Waals surface area contributed by atoms with E-state index in [1.54, 1.807) is 0 Å². The van der Waals surface area contributed by atoms with Crippen LogP contribution in [-0.4, -0.2) is 36.1 Å². The molecule has 1 aliphatic heterocycles. The molecule has 0 aromatic rings. The summed E-state index contributed by atoms with van der Waals surface area (Å²) in [6.45, 7) is 14.4. The Hall–Kier alpha value is -0.0800. The van der Waals surface area contributed by atoms with E-state index in [9.17, 15) is 0 Å². The Morgan fingerprint density at radius 3 is 2.24 bits per heavy atom. The molecule has 0 bridgehead atoms. The predicted molar refractivity (Wildman–Crippen MR) is 92.6 cm³/mol. The molecule has 21 heavy (non-hydrogen) atoms. The van der Waals surface area contributed by atoms with E-state index in [1.807, 2.05) is 0 Å². The second kappa shape index (κ2) is 7.97. The van der Waals surface area contributed by atoms with Crippen molar-refractivity contribution in [3.8, 4) is 0 Å². The molecule has 1 aliphatic carbocycles. The minimum absolute atomic E-state index is 0.721. The Morgan fingerprint density at radius 2 is 1.67 bits per heavy atom. The highest BCUT2D eigenvalue weighted by molar-refractivity contribution is 4.93. The van der Waals surface area contributed by atoms with Crippen LogP contribution in [0.25, 0.3) is 0 Å². The average molecular weight is 295 g/mol. The second-order valence-corrected chi connectivity index (χ2v) is 8.40. The van der Waals surface area contributed by atoms with Crippen LogP contribution in [0.15, 0.2) is 0 Å². The van der Waals surface area contributed by atoms with E-state index in [1.165, 1.54) is 51.6 Å². The molecular weight excluding hydrogens is 256 g/mol. The van der Waals surface area contributed by atoms with Crippen LogP contribution in [0.3, 0.4) is 0 Å². The number of piperazine rings is 1. The van der Waals surface area contributed by atoms with Gasteiger partial charge in [-0.05, 0) is 43.9 Å². The molecule has 2 heteroatoms. The molecule has 3 unspecified atom stereocenters. The van der Waals surface area contributed by atoms with Crippen LogP contribution in [-0.2, 0) is 0 Å².